The fourth-order valence-electron chi connectivity index (χ4n) is 2.52. The minimum atomic E-state index is -0.899. The third-order valence-corrected chi connectivity index (χ3v) is 3.77. The number of fused-ring (bicyclic) bond motifs is 1. The number of hydrogen-bond acceptors (Lipinski definition) is 2. The fourth-order valence-corrected chi connectivity index (χ4v) is 2.52. The molecule has 0 atom stereocenters. The number of benzene rings is 1. The molecule has 0 aliphatic rings. The molecule has 4 nitrogen and oxygen atoms in total. The summed E-state index contributed by atoms with van der Waals surface area (Å²) in [6.07, 6.45) is 2.60. The topological polar surface area (TPSA) is 66.0 Å². The van der Waals surface area contributed by atoms with Gasteiger partial charge in [-0.15, -0.1) is 0 Å². The van der Waals surface area contributed by atoms with Gasteiger partial charge in [-0.3, -0.25) is 0 Å². The summed E-state index contributed by atoms with van der Waals surface area (Å²) in [7, 11) is 0. The normalized spacial score (nSPS) is 11.5. The Hall–Kier alpha value is -2.28. The molecular formula is C17H20N2O2. The van der Waals surface area contributed by atoms with E-state index in [0.717, 1.165) is 30.2 Å². The molecule has 2 rings (SSSR count). The van der Waals surface area contributed by atoms with Crippen molar-refractivity contribution in [2.45, 2.75) is 39.7 Å². The average Bonchev–Trinajstić information content (AvgIpc) is 2.83. The largest absolute Gasteiger partial charge is 0.477 e. The van der Waals surface area contributed by atoms with Gasteiger partial charge in [0.15, 0.2) is 0 Å². The molecule has 110 valence electrons. The Morgan fingerprint density at radius 3 is 2.71 bits per heavy atom. The van der Waals surface area contributed by atoms with Gasteiger partial charge in [0.1, 0.15) is 5.69 Å². The summed E-state index contributed by atoms with van der Waals surface area (Å²) in [5, 5.41) is 19.3. The first-order valence-corrected chi connectivity index (χ1v) is 7.17. The second kappa shape index (κ2) is 6.01. The summed E-state index contributed by atoms with van der Waals surface area (Å²) in [5.74, 6) is -0.899. The van der Waals surface area contributed by atoms with Gasteiger partial charge < -0.3 is 9.67 Å². The highest BCUT2D eigenvalue weighted by atomic mass is 16.4. The molecule has 1 aromatic carbocycles. The van der Waals surface area contributed by atoms with Crippen molar-refractivity contribution >= 4 is 16.9 Å². The molecule has 0 saturated heterocycles. The summed E-state index contributed by atoms with van der Waals surface area (Å²) in [5.41, 5.74) is 0.971. The van der Waals surface area contributed by atoms with Gasteiger partial charge in [0.2, 0.25) is 0 Å². The molecule has 0 fully saturated rings. The van der Waals surface area contributed by atoms with Crippen LogP contribution in [0.25, 0.3) is 10.9 Å². The molecule has 1 N–H and O–H groups in total. The number of unbranched alkanes of at least 4 members (excludes halogenated alkanes) is 1. The smallest absolute Gasteiger partial charge is 0.352 e. The van der Waals surface area contributed by atoms with Crippen LogP contribution in [0, 0.1) is 16.7 Å². The van der Waals surface area contributed by atoms with Crippen molar-refractivity contribution in [2.24, 2.45) is 5.41 Å². The number of rotatable bonds is 6. The Balaban J connectivity index is 2.13. The van der Waals surface area contributed by atoms with E-state index in [9.17, 15) is 9.90 Å². The van der Waals surface area contributed by atoms with E-state index in [0.29, 0.717) is 12.2 Å². The molecule has 0 bridgehead atoms. The molecule has 0 aliphatic carbocycles. The Morgan fingerprint density at radius 2 is 2.05 bits per heavy atom. The summed E-state index contributed by atoms with van der Waals surface area (Å²) in [4.78, 5) is 11.4. The van der Waals surface area contributed by atoms with Crippen LogP contribution < -0.4 is 0 Å². The van der Waals surface area contributed by atoms with Gasteiger partial charge in [0, 0.05) is 17.4 Å². The van der Waals surface area contributed by atoms with Crippen molar-refractivity contribution in [3.8, 4) is 6.07 Å². The van der Waals surface area contributed by atoms with Crippen molar-refractivity contribution in [3.05, 3.63) is 36.0 Å². The van der Waals surface area contributed by atoms with Gasteiger partial charge in [-0.05, 0) is 38.8 Å². The predicted octanol–water partition coefficient (Wildman–Crippen LogP) is 4.06. The lowest BCUT2D eigenvalue weighted by molar-refractivity contribution is 0.0685. The Morgan fingerprint density at radius 1 is 1.33 bits per heavy atom. The van der Waals surface area contributed by atoms with E-state index in [2.05, 4.69) is 6.07 Å². The number of nitrogens with zero attached hydrogens (tertiary/aromatic N) is 2. The molecule has 0 spiro atoms. The van der Waals surface area contributed by atoms with Gasteiger partial charge in [-0.1, -0.05) is 24.6 Å². The molecule has 4 heteroatoms. The number of carboxylic acid groups (broad SMARTS) is 1. The van der Waals surface area contributed by atoms with E-state index in [1.807, 2.05) is 42.7 Å². The van der Waals surface area contributed by atoms with Crippen molar-refractivity contribution in [2.75, 3.05) is 0 Å². The minimum absolute atomic E-state index is 0.311. The lowest BCUT2D eigenvalue weighted by Gasteiger charge is -2.15. The Kier molecular flexibility index (Phi) is 4.32. The van der Waals surface area contributed by atoms with Crippen molar-refractivity contribution in [1.29, 1.82) is 5.26 Å². The summed E-state index contributed by atoms with van der Waals surface area (Å²) in [6.45, 7) is 4.53. The van der Waals surface area contributed by atoms with Gasteiger partial charge in [0.25, 0.3) is 0 Å². The molecule has 2 aromatic rings. The lowest BCUT2D eigenvalue weighted by Crippen LogP contribution is -2.10. The van der Waals surface area contributed by atoms with Gasteiger partial charge in [0.05, 0.1) is 11.5 Å². The zero-order chi connectivity index (χ0) is 15.5. The lowest BCUT2D eigenvalue weighted by atomic mass is 9.89. The number of aromatic carboxylic acids is 1. The summed E-state index contributed by atoms with van der Waals surface area (Å²) in [6, 6.07) is 11.7. The van der Waals surface area contributed by atoms with E-state index in [1.54, 1.807) is 6.07 Å². The van der Waals surface area contributed by atoms with Gasteiger partial charge >= 0.3 is 5.97 Å². The summed E-state index contributed by atoms with van der Waals surface area (Å²) >= 11 is 0. The second-order valence-corrected chi connectivity index (χ2v) is 6.00. The molecule has 0 unspecified atom stereocenters. The molecule has 0 radical (unpaired) electrons. The van der Waals surface area contributed by atoms with Crippen LogP contribution >= 0.6 is 0 Å². The van der Waals surface area contributed by atoms with E-state index in [4.69, 9.17) is 5.26 Å². The first kappa shape index (κ1) is 15.1. The Labute approximate surface area is 124 Å². The molecule has 1 heterocycles. The quantitative estimate of drug-likeness (QED) is 0.813. The van der Waals surface area contributed by atoms with Crippen LogP contribution in [-0.2, 0) is 6.54 Å². The van der Waals surface area contributed by atoms with Crippen LogP contribution in [0.1, 0.15) is 43.6 Å². The second-order valence-electron chi connectivity index (χ2n) is 6.00. The third kappa shape index (κ3) is 3.43. The third-order valence-electron chi connectivity index (χ3n) is 3.77. The summed E-state index contributed by atoms with van der Waals surface area (Å²) < 4.78 is 1.86. The van der Waals surface area contributed by atoms with Gasteiger partial charge in [-0.25, -0.2) is 4.79 Å². The van der Waals surface area contributed by atoms with Crippen molar-refractivity contribution in [1.82, 2.24) is 4.57 Å². The van der Waals surface area contributed by atoms with Gasteiger partial charge in [-0.2, -0.15) is 5.26 Å². The SMILES string of the molecule is CC(C)(C#N)CCCCn1c(C(=O)O)cc2ccccc21. The highest BCUT2D eigenvalue weighted by molar-refractivity contribution is 5.94. The van der Waals surface area contributed by atoms with E-state index < -0.39 is 5.97 Å². The van der Waals surface area contributed by atoms with Crippen LogP contribution in [0.3, 0.4) is 0 Å². The number of aromatic nitrogens is 1. The van der Waals surface area contributed by atoms with Crippen LogP contribution in [0.5, 0.6) is 0 Å². The number of nitriles is 1. The molecular weight excluding hydrogens is 264 g/mol. The zero-order valence-electron chi connectivity index (χ0n) is 12.5. The zero-order valence-corrected chi connectivity index (χ0v) is 12.5. The highest BCUT2D eigenvalue weighted by Crippen LogP contribution is 2.24. The molecule has 0 saturated carbocycles. The predicted molar refractivity (Wildman–Crippen MR) is 82.1 cm³/mol. The highest BCUT2D eigenvalue weighted by Gasteiger charge is 2.17. The molecule has 0 amide bonds. The fraction of sp³-hybridized carbons (Fsp3) is 0.412. The first-order valence-electron chi connectivity index (χ1n) is 7.17. The standard InChI is InChI=1S/C17H20N2O2/c1-17(2,12-18)9-5-6-10-19-14-8-4-3-7-13(14)11-15(19)16(20)21/h3-4,7-8,11H,5-6,9-10H2,1-2H3,(H,20,21). The first-order chi connectivity index (χ1) is 9.94. The number of carboxylic acids is 1. The molecule has 0 aliphatic heterocycles. The Bertz CT molecular complexity index is 692. The van der Waals surface area contributed by atoms with Crippen molar-refractivity contribution < 1.29 is 9.90 Å². The van der Waals surface area contributed by atoms with Crippen LogP contribution in [0.15, 0.2) is 30.3 Å². The maximum atomic E-state index is 11.4. The number of carbonyl (C=O) groups is 1. The number of para-hydroxylation sites is 1. The monoisotopic (exact) mass is 284 g/mol. The van der Waals surface area contributed by atoms with Crippen LogP contribution in [0.2, 0.25) is 0 Å². The van der Waals surface area contributed by atoms with Crippen molar-refractivity contribution in [3.63, 3.8) is 0 Å². The van der Waals surface area contributed by atoms with E-state index in [1.165, 1.54) is 0 Å². The van der Waals surface area contributed by atoms with Crippen LogP contribution in [0.4, 0.5) is 0 Å². The maximum Gasteiger partial charge on any atom is 0.352 e. The van der Waals surface area contributed by atoms with E-state index in [-0.39, 0.29) is 5.41 Å². The van der Waals surface area contributed by atoms with E-state index >= 15 is 0 Å². The molecule has 21 heavy (non-hydrogen) atoms. The minimum Gasteiger partial charge on any atom is -0.477 e. The maximum absolute atomic E-state index is 11.4. The number of aryl methyl sites for hydroxylation is 1. The van der Waals surface area contributed by atoms with Crippen LogP contribution in [-0.4, -0.2) is 15.6 Å². The molecule has 1 aromatic heterocycles. The average molecular weight is 284 g/mol. The number of hydrogen-bond donors (Lipinski definition) is 1.